The van der Waals surface area contributed by atoms with Crippen LogP contribution in [0.1, 0.15) is 30.9 Å². The first-order valence-corrected chi connectivity index (χ1v) is 5.36. The average molecular weight is 271 g/mol. The van der Waals surface area contributed by atoms with E-state index >= 15 is 0 Å². The van der Waals surface area contributed by atoms with Gasteiger partial charge in [-0.1, -0.05) is 11.6 Å². The molecule has 0 aliphatic carbocycles. The van der Waals surface area contributed by atoms with Crippen LogP contribution in [0.4, 0.5) is 17.6 Å². The lowest BCUT2D eigenvalue weighted by Gasteiger charge is -2.12. The SMILES string of the molecule is OC(CCCC(F)(F)F)c1cc(F)cc(Cl)c1. The van der Waals surface area contributed by atoms with Crippen molar-refractivity contribution >= 4 is 11.6 Å². The fraction of sp³-hybridized carbons (Fsp3) is 0.455. The number of halogens is 5. The van der Waals surface area contributed by atoms with Gasteiger partial charge in [-0.15, -0.1) is 0 Å². The third-order valence-corrected chi connectivity index (χ3v) is 2.43. The Morgan fingerprint density at radius 1 is 1.24 bits per heavy atom. The molecule has 1 aromatic rings. The molecular formula is C11H11ClF4O. The first-order chi connectivity index (χ1) is 7.78. The predicted molar refractivity (Wildman–Crippen MR) is 56.3 cm³/mol. The van der Waals surface area contributed by atoms with E-state index in [9.17, 15) is 22.7 Å². The second-order valence-corrected chi connectivity index (χ2v) is 4.16. The van der Waals surface area contributed by atoms with Gasteiger partial charge in [0.15, 0.2) is 0 Å². The van der Waals surface area contributed by atoms with E-state index in [1.807, 2.05) is 0 Å². The van der Waals surface area contributed by atoms with Crippen LogP contribution >= 0.6 is 11.6 Å². The first kappa shape index (κ1) is 14.3. The van der Waals surface area contributed by atoms with E-state index in [-0.39, 0.29) is 23.4 Å². The molecule has 0 spiro atoms. The Morgan fingerprint density at radius 2 is 1.88 bits per heavy atom. The lowest BCUT2D eigenvalue weighted by Crippen LogP contribution is -2.08. The van der Waals surface area contributed by atoms with Gasteiger partial charge in [0.05, 0.1) is 6.10 Å². The number of aliphatic hydroxyl groups excluding tert-OH is 1. The standard InChI is InChI=1S/C11H11ClF4O/c12-8-4-7(5-9(13)6-8)10(17)2-1-3-11(14,15)16/h4-6,10,17H,1-3H2. The lowest BCUT2D eigenvalue weighted by molar-refractivity contribution is -0.136. The zero-order valence-electron chi connectivity index (χ0n) is 8.77. The van der Waals surface area contributed by atoms with E-state index in [0.29, 0.717) is 0 Å². The average Bonchev–Trinajstić information content (AvgIpc) is 2.13. The van der Waals surface area contributed by atoms with E-state index in [2.05, 4.69) is 0 Å². The molecule has 1 nitrogen and oxygen atoms in total. The van der Waals surface area contributed by atoms with Gasteiger partial charge in [0.1, 0.15) is 5.82 Å². The Morgan fingerprint density at radius 3 is 2.41 bits per heavy atom. The van der Waals surface area contributed by atoms with Gasteiger partial charge in [-0.25, -0.2) is 4.39 Å². The molecule has 0 radical (unpaired) electrons. The minimum absolute atomic E-state index is 0.0840. The highest BCUT2D eigenvalue weighted by Gasteiger charge is 2.26. The zero-order chi connectivity index (χ0) is 13.1. The number of benzene rings is 1. The van der Waals surface area contributed by atoms with E-state index < -0.39 is 24.5 Å². The third-order valence-electron chi connectivity index (χ3n) is 2.21. The van der Waals surface area contributed by atoms with Crippen LogP contribution in [0.5, 0.6) is 0 Å². The summed E-state index contributed by atoms with van der Waals surface area (Å²) in [4.78, 5) is 0. The van der Waals surface area contributed by atoms with Crippen molar-refractivity contribution in [1.82, 2.24) is 0 Å². The Balaban J connectivity index is 2.55. The van der Waals surface area contributed by atoms with Crippen molar-refractivity contribution in [2.24, 2.45) is 0 Å². The quantitative estimate of drug-likeness (QED) is 0.811. The van der Waals surface area contributed by atoms with E-state index in [0.717, 1.165) is 12.1 Å². The third kappa shape index (κ3) is 5.37. The first-order valence-electron chi connectivity index (χ1n) is 4.99. The predicted octanol–water partition coefficient (Wildman–Crippen LogP) is 4.25. The number of alkyl halides is 3. The molecule has 0 aromatic heterocycles. The minimum Gasteiger partial charge on any atom is -0.388 e. The Kier molecular flexibility index (Phi) is 4.77. The van der Waals surface area contributed by atoms with Crippen LogP contribution < -0.4 is 0 Å². The fourth-order valence-electron chi connectivity index (χ4n) is 1.43. The highest BCUT2D eigenvalue weighted by atomic mass is 35.5. The summed E-state index contributed by atoms with van der Waals surface area (Å²) in [5, 5.41) is 9.68. The van der Waals surface area contributed by atoms with Gasteiger partial charge in [0.2, 0.25) is 0 Å². The second kappa shape index (κ2) is 5.69. The van der Waals surface area contributed by atoms with Crippen LogP contribution in [-0.2, 0) is 0 Å². The Labute approximate surface area is 101 Å². The maximum absolute atomic E-state index is 12.9. The van der Waals surface area contributed by atoms with Gasteiger partial charge in [-0.2, -0.15) is 13.2 Å². The van der Waals surface area contributed by atoms with Crippen LogP contribution in [0.3, 0.4) is 0 Å². The molecule has 0 saturated heterocycles. The molecule has 1 atom stereocenters. The van der Waals surface area contributed by atoms with Crippen LogP contribution in [0.25, 0.3) is 0 Å². The summed E-state index contributed by atoms with van der Waals surface area (Å²) in [5.41, 5.74) is 0.192. The molecule has 0 aliphatic rings. The largest absolute Gasteiger partial charge is 0.389 e. The van der Waals surface area contributed by atoms with Crippen molar-refractivity contribution in [1.29, 1.82) is 0 Å². The summed E-state index contributed by atoms with van der Waals surface area (Å²) in [6.45, 7) is 0. The number of rotatable bonds is 4. The maximum Gasteiger partial charge on any atom is 0.389 e. The highest BCUT2D eigenvalue weighted by molar-refractivity contribution is 6.30. The van der Waals surface area contributed by atoms with Crippen molar-refractivity contribution in [3.63, 3.8) is 0 Å². The number of hydrogen-bond acceptors (Lipinski definition) is 1. The molecule has 0 heterocycles. The van der Waals surface area contributed by atoms with E-state index in [4.69, 9.17) is 11.6 Å². The van der Waals surface area contributed by atoms with Crippen LogP contribution in [0, 0.1) is 5.82 Å². The topological polar surface area (TPSA) is 20.2 Å². The molecule has 0 bridgehead atoms. The number of hydrogen-bond donors (Lipinski definition) is 1. The Bertz CT molecular complexity index is 358. The lowest BCUT2D eigenvalue weighted by atomic mass is 10.0. The zero-order valence-corrected chi connectivity index (χ0v) is 9.52. The minimum atomic E-state index is -4.24. The summed E-state index contributed by atoms with van der Waals surface area (Å²) >= 11 is 5.57. The smallest absolute Gasteiger partial charge is 0.388 e. The molecule has 0 fully saturated rings. The van der Waals surface area contributed by atoms with Crippen LogP contribution in [0.15, 0.2) is 18.2 Å². The molecule has 1 rings (SSSR count). The van der Waals surface area contributed by atoms with Crippen molar-refractivity contribution < 1.29 is 22.7 Å². The van der Waals surface area contributed by atoms with Gasteiger partial charge < -0.3 is 5.11 Å². The molecule has 17 heavy (non-hydrogen) atoms. The van der Waals surface area contributed by atoms with Crippen LogP contribution in [0.2, 0.25) is 5.02 Å². The van der Waals surface area contributed by atoms with Gasteiger partial charge in [0, 0.05) is 11.4 Å². The Hall–Kier alpha value is -0.810. The van der Waals surface area contributed by atoms with Crippen molar-refractivity contribution in [3.05, 3.63) is 34.6 Å². The summed E-state index contributed by atoms with van der Waals surface area (Å²) in [7, 11) is 0. The monoisotopic (exact) mass is 270 g/mol. The molecule has 0 aliphatic heterocycles. The van der Waals surface area contributed by atoms with Crippen molar-refractivity contribution in [3.8, 4) is 0 Å². The van der Waals surface area contributed by atoms with Gasteiger partial charge in [0.25, 0.3) is 0 Å². The maximum atomic E-state index is 12.9. The molecule has 1 N–H and O–H groups in total. The van der Waals surface area contributed by atoms with Gasteiger partial charge in [-0.05, 0) is 36.6 Å². The van der Waals surface area contributed by atoms with Crippen molar-refractivity contribution in [2.75, 3.05) is 0 Å². The normalized spacial score (nSPS) is 13.8. The fourth-order valence-corrected chi connectivity index (χ4v) is 1.66. The van der Waals surface area contributed by atoms with Gasteiger partial charge in [-0.3, -0.25) is 0 Å². The molecule has 0 saturated carbocycles. The highest BCUT2D eigenvalue weighted by Crippen LogP contribution is 2.27. The van der Waals surface area contributed by atoms with E-state index in [1.165, 1.54) is 6.07 Å². The summed E-state index contributed by atoms with van der Waals surface area (Å²) in [6.07, 6.45) is -6.63. The molecule has 6 heteroatoms. The molecule has 1 aromatic carbocycles. The molecule has 0 amide bonds. The molecular weight excluding hydrogens is 260 g/mol. The summed E-state index contributed by atoms with van der Waals surface area (Å²) in [5.74, 6) is -0.623. The second-order valence-electron chi connectivity index (χ2n) is 3.73. The van der Waals surface area contributed by atoms with Crippen molar-refractivity contribution in [2.45, 2.75) is 31.5 Å². The molecule has 96 valence electrons. The summed E-state index contributed by atoms with van der Waals surface area (Å²) in [6, 6.07) is 3.46. The van der Waals surface area contributed by atoms with E-state index in [1.54, 1.807) is 0 Å². The number of aliphatic hydroxyl groups is 1. The molecule has 1 unspecified atom stereocenters. The van der Waals surface area contributed by atoms with Gasteiger partial charge >= 0.3 is 6.18 Å². The summed E-state index contributed by atoms with van der Waals surface area (Å²) < 4.78 is 48.5. The van der Waals surface area contributed by atoms with Crippen LogP contribution in [-0.4, -0.2) is 11.3 Å².